The van der Waals surface area contributed by atoms with Crippen molar-refractivity contribution in [1.29, 1.82) is 0 Å². The molecular weight excluding hydrogens is 256 g/mol. The van der Waals surface area contributed by atoms with Gasteiger partial charge < -0.3 is 5.32 Å². The van der Waals surface area contributed by atoms with Crippen molar-refractivity contribution in [3.05, 3.63) is 35.4 Å². The number of aryl methyl sites for hydroxylation is 1. The van der Waals surface area contributed by atoms with E-state index in [1.807, 2.05) is 0 Å². The van der Waals surface area contributed by atoms with Crippen LogP contribution in [-0.4, -0.2) is 30.1 Å². The van der Waals surface area contributed by atoms with Gasteiger partial charge in [0.05, 0.1) is 0 Å². The summed E-state index contributed by atoms with van der Waals surface area (Å²) in [5, 5.41) is 3.71. The Hall–Kier alpha value is -0.860. The van der Waals surface area contributed by atoms with Crippen LogP contribution in [0.5, 0.6) is 0 Å². The van der Waals surface area contributed by atoms with Crippen LogP contribution in [0.3, 0.4) is 0 Å². The van der Waals surface area contributed by atoms with Crippen molar-refractivity contribution >= 4 is 0 Å². The fourth-order valence-corrected chi connectivity index (χ4v) is 3.65. The number of likely N-dealkylation sites (tertiary alicyclic amines) is 1. The maximum Gasteiger partial charge on any atom is 0.0475 e. The van der Waals surface area contributed by atoms with Gasteiger partial charge in [-0.1, -0.05) is 49.6 Å². The van der Waals surface area contributed by atoms with Gasteiger partial charge in [-0.05, 0) is 52.3 Å². The zero-order valence-electron chi connectivity index (χ0n) is 14.2. The fourth-order valence-electron chi connectivity index (χ4n) is 3.65. The minimum Gasteiger partial charge on any atom is -0.309 e. The summed E-state index contributed by atoms with van der Waals surface area (Å²) in [6, 6.07) is 10.7. The van der Waals surface area contributed by atoms with Crippen LogP contribution in [-0.2, 0) is 0 Å². The number of nitrogens with one attached hydrogen (secondary N) is 1. The standard InChI is InChI=1S/C19H32N2/c1-5-20-19(18-12-10-15(2)11-13-18)17(4)21-14-8-6-7-9-16(21)3/h10-13,16-17,19-20H,5-9,14H2,1-4H3. The maximum absolute atomic E-state index is 3.71. The predicted octanol–water partition coefficient (Wildman–Crippen LogP) is 4.30. The van der Waals surface area contributed by atoms with Crippen molar-refractivity contribution in [2.75, 3.05) is 13.1 Å². The fraction of sp³-hybridized carbons (Fsp3) is 0.684. The van der Waals surface area contributed by atoms with Crippen molar-refractivity contribution < 1.29 is 0 Å². The number of nitrogens with zero attached hydrogens (tertiary/aromatic N) is 1. The molecule has 0 saturated carbocycles. The monoisotopic (exact) mass is 288 g/mol. The van der Waals surface area contributed by atoms with Crippen molar-refractivity contribution in [3.8, 4) is 0 Å². The molecule has 1 saturated heterocycles. The summed E-state index contributed by atoms with van der Waals surface area (Å²) >= 11 is 0. The van der Waals surface area contributed by atoms with E-state index in [0.29, 0.717) is 18.1 Å². The van der Waals surface area contributed by atoms with Crippen LogP contribution in [0.2, 0.25) is 0 Å². The normalized spacial score (nSPS) is 23.5. The highest BCUT2D eigenvalue weighted by atomic mass is 15.2. The van der Waals surface area contributed by atoms with E-state index in [2.05, 4.69) is 62.2 Å². The van der Waals surface area contributed by atoms with Gasteiger partial charge in [-0.3, -0.25) is 4.90 Å². The second-order valence-corrected chi connectivity index (χ2v) is 6.62. The average molecular weight is 288 g/mol. The molecule has 0 spiro atoms. The van der Waals surface area contributed by atoms with E-state index >= 15 is 0 Å². The molecule has 3 atom stereocenters. The summed E-state index contributed by atoms with van der Waals surface area (Å²) in [5.41, 5.74) is 2.76. The second-order valence-electron chi connectivity index (χ2n) is 6.62. The van der Waals surface area contributed by atoms with Gasteiger partial charge in [-0.15, -0.1) is 0 Å². The van der Waals surface area contributed by atoms with E-state index in [9.17, 15) is 0 Å². The first-order valence-corrected chi connectivity index (χ1v) is 8.69. The molecule has 0 amide bonds. The van der Waals surface area contributed by atoms with E-state index in [0.717, 1.165) is 6.54 Å². The van der Waals surface area contributed by atoms with Crippen LogP contribution < -0.4 is 5.32 Å². The lowest BCUT2D eigenvalue weighted by Crippen LogP contribution is -2.47. The smallest absolute Gasteiger partial charge is 0.0475 e. The third-order valence-electron chi connectivity index (χ3n) is 4.97. The molecule has 1 aliphatic heterocycles. The van der Waals surface area contributed by atoms with Gasteiger partial charge in [0.2, 0.25) is 0 Å². The Morgan fingerprint density at radius 1 is 1.19 bits per heavy atom. The molecule has 3 unspecified atom stereocenters. The molecule has 2 nitrogen and oxygen atoms in total. The summed E-state index contributed by atoms with van der Waals surface area (Å²) in [6.07, 6.45) is 5.48. The Labute approximate surface area is 130 Å². The molecule has 1 aromatic rings. The van der Waals surface area contributed by atoms with Crippen LogP contribution >= 0.6 is 0 Å². The lowest BCUT2D eigenvalue weighted by Gasteiger charge is -2.38. The summed E-state index contributed by atoms with van der Waals surface area (Å²) in [6.45, 7) is 11.4. The molecule has 1 N–H and O–H groups in total. The van der Waals surface area contributed by atoms with E-state index < -0.39 is 0 Å². The Balaban J connectivity index is 2.17. The van der Waals surface area contributed by atoms with E-state index in [4.69, 9.17) is 0 Å². The summed E-state index contributed by atoms with van der Waals surface area (Å²) in [5.74, 6) is 0. The number of rotatable bonds is 5. The highest BCUT2D eigenvalue weighted by Crippen LogP contribution is 2.26. The van der Waals surface area contributed by atoms with Crippen molar-refractivity contribution in [2.45, 2.75) is 71.5 Å². The minimum atomic E-state index is 0.427. The summed E-state index contributed by atoms with van der Waals surface area (Å²) in [7, 11) is 0. The zero-order chi connectivity index (χ0) is 15.2. The second kappa shape index (κ2) is 7.95. The van der Waals surface area contributed by atoms with E-state index in [1.165, 1.54) is 43.4 Å². The third kappa shape index (κ3) is 4.31. The first-order valence-electron chi connectivity index (χ1n) is 8.69. The van der Waals surface area contributed by atoms with Crippen molar-refractivity contribution in [1.82, 2.24) is 10.2 Å². The molecule has 1 fully saturated rings. The largest absolute Gasteiger partial charge is 0.309 e. The predicted molar refractivity (Wildman–Crippen MR) is 91.7 cm³/mol. The molecule has 0 aliphatic carbocycles. The Morgan fingerprint density at radius 3 is 2.57 bits per heavy atom. The quantitative estimate of drug-likeness (QED) is 0.869. The van der Waals surface area contributed by atoms with Crippen LogP contribution in [0.4, 0.5) is 0 Å². The lowest BCUT2D eigenvalue weighted by molar-refractivity contribution is 0.126. The van der Waals surface area contributed by atoms with Crippen LogP contribution in [0.1, 0.15) is 63.6 Å². The highest BCUT2D eigenvalue weighted by molar-refractivity contribution is 5.25. The molecule has 21 heavy (non-hydrogen) atoms. The van der Waals surface area contributed by atoms with Crippen LogP contribution in [0.25, 0.3) is 0 Å². The van der Waals surface area contributed by atoms with Crippen LogP contribution in [0.15, 0.2) is 24.3 Å². The highest BCUT2D eigenvalue weighted by Gasteiger charge is 2.28. The summed E-state index contributed by atoms with van der Waals surface area (Å²) < 4.78 is 0. The number of hydrogen-bond donors (Lipinski definition) is 1. The van der Waals surface area contributed by atoms with Gasteiger partial charge in [0.1, 0.15) is 0 Å². The topological polar surface area (TPSA) is 15.3 Å². The molecule has 2 rings (SSSR count). The molecule has 0 radical (unpaired) electrons. The van der Waals surface area contributed by atoms with Gasteiger partial charge in [0.15, 0.2) is 0 Å². The van der Waals surface area contributed by atoms with Gasteiger partial charge in [-0.2, -0.15) is 0 Å². The molecule has 1 heterocycles. The lowest BCUT2D eigenvalue weighted by atomic mass is 9.96. The molecule has 1 aliphatic rings. The molecule has 1 aromatic carbocycles. The first kappa shape index (κ1) is 16.5. The number of benzene rings is 1. The third-order valence-corrected chi connectivity index (χ3v) is 4.97. The summed E-state index contributed by atoms with van der Waals surface area (Å²) in [4.78, 5) is 2.72. The van der Waals surface area contributed by atoms with Crippen LogP contribution in [0, 0.1) is 6.92 Å². The van der Waals surface area contributed by atoms with Gasteiger partial charge in [-0.25, -0.2) is 0 Å². The minimum absolute atomic E-state index is 0.427. The number of likely N-dealkylation sites (N-methyl/N-ethyl adjacent to an activating group) is 1. The average Bonchev–Trinajstić information content (AvgIpc) is 2.70. The van der Waals surface area contributed by atoms with E-state index in [1.54, 1.807) is 0 Å². The maximum atomic E-state index is 3.71. The van der Waals surface area contributed by atoms with Gasteiger partial charge in [0, 0.05) is 18.1 Å². The molecule has 0 aromatic heterocycles. The Kier molecular flexibility index (Phi) is 6.25. The number of hydrogen-bond acceptors (Lipinski definition) is 2. The molecule has 2 heteroatoms. The van der Waals surface area contributed by atoms with Gasteiger partial charge in [0.25, 0.3) is 0 Å². The molecule has 0 bridgehead atoms. The molecule has 118 valence electrons. The van der Waals surface area contributed by atoms with E-state index in [-0.39, 0.29) is 0 Å². The van der Waals surface area contributed by atoms with Crippen molar-refractivity contribution in [2.24, 2.45) is 0 Å². The zero-order valence-corrected chi connectivity index (χ0v) is 14.2. The SMILES string of the molecule is CCNC(c1ccc(C)cc1)C(C)N1CCCCCC1C. The Bertz CT molecular complexity index is 412. The Morgan fingerprint density at radius 2 is 1.90 bits per heavy atom. The van der Waals surface area contributed by atoms with Gasteiger partial charge >= 0.3 is 0 Å². The first-order chi connectivity index (χ1) is 10.1. The van der Waals surface area contributed by atoms with Crippen molar-refractivity contribution in [3.63, 3.8) is 0 Å². The molecular formula is C19H32N2.